The van der Waals surface area contributed by atoms with Crippen LogP contribution in [0.2, 0.25) is 0 Å². The highest BCUT2D eigenvalue weighted by Crippen LogP contribution is 2.08. The Morgan fingerprint density at radius 2 is 2.17 bits per heavy atom. The van der Waals surface area contributed by atoms with E-state index in [1.54, 1.807) is 25.4 Å². The second-order valence-electron chi connectivity index (χ2n) is 4.73. The summed E-state index contributed by atoms with van der Waals surface area (Å²) in [5.41, 5.74) is 0.146. The molecule has 5 heteroatoms. The molecule has 1 rings (SSSR count). The smallest absolute Gasteiger partial charge is 0.253 e. The first-order valence-electron chi connectivity index (χ1n) is 6.00. The lowest BCUT2D eigenvalue weighted by Crippen LogP contribution is -2.46. The van der Waals surface area contributed by atoms with E-state index in [2.05, 4.69) is 15.6 Å². The van der Waals surface area contributed by atoms with Crippen molar-refractivity contribution in [1.82, 2.24) is 10.3 Å². The maximum absolute atomic E-state index is 12.0. The van der Waals surface area contributed by atoms with Gasteiger partial charge in [-0.25, -0.2) is 4.98 Å². The average Bonchev–Trinajstić information content (AvgIpc) is 2.29. The third kappa shape index (κ3) is 4.33. The van der Waals surface area contributed by atoms with E-state index in [9.17, 15) is 4.79 Å². The summed E-state index contributed by atoms with van der Waals surface area (Å²) in [6.45, 7) is 7.08. The van der Waals surface area contributed by atoms with Crippen molar-refractivity contribution in [2.45, 2.75) is 26.3 Å². The summed E-state index contributed by atoms with van der Waals surface area (Å²) in [5, 5.41) is 5.98. The van der Waals surface area contributed by atoms with Crippen molar-refractivity contribution < 1.29 is 9.53 Å². The van der Waals surface area contributed by atoms with Gasteiger partial charge < -0.3 is 15.4 Å². The zero-order chi connectivity index (χ0) is 13.6. The van der Waals surface area contributed by atoms with E-state index < -0.39 is 5.54 Å². The van der Waals surface area contributed by atoms with E-state index >= 15 is 0 Å². The molecule has 0 aliphatic rings. The van der Waals surface area contributed by atoms with Crippen molar-refractivity contribution >= 4 is 11.7 Å². The quantitative estimate of drug-likeness (QED) is 0.807. The molecule has 0 saturated carbocycles. The van der Waals surface area contributed by atoms with Crippen molar-refractivity contribution in [2.24, 2.45) is 0 Å². The van der Waals surface area contributed by atoms with Crippen molar-refractivity contribution in [1.29, 1.82) is 0 Å². The molecule has 0 unspecified atom stereocenters. The first-order valence-corrected chi connectivity index (χ1v) is 6.00. The Labute approximate surface area is 108 Å². The summed E-state index contributed by atoms with van der Waals surface area (Å²) in [4.78, 5) is 16.1. The molecule has 0 aromatic carbocycles. The van der Waals surface area contributed by atoms with Crippen molar-refractivity contribution in [3.63, 3.8) is 0 Å². The molecule has 0 radical (unpaired) electrons. The average molecular weight is 251 g/mol. The molecule has 1 amide bonds. The molecule has 1 aromatic rings. The van der Waals surface area contributed by atoms with Gasteiger partial charge in [-0.2, -0.15) is 0 Å². The van der Waals surface area contributed by atoms with Gasteiger partial charge in [-0.1, -0.05) is 0 Å². The summed E-state index contributed by atoms with van der Waals surface area (Å²) < 4.78 is 5.05. The molecule has 100 valence electrons. The molecular weight excluding hydrogens is 230 g/mol. The van der Waals surface area contributed by atoms with E-state index in [4.69, 9.17) is 4.74 Å². The van der Waals surface area contributed by atoms with Gasteiger partial charge in [0.1, 0.15) is 5.82 Å². The summed E-state index contributed by atoms with van der Waals surface area (Å²) >= 11 is 0. The number of hydrogen-bond donors (Lipinski definition) is 2. The van der Waals surface area contributed by atoms with Crippen LogP contribution in [0.4, 0.5) is 5.82 Å². The van der Waals surface area contributed by atoms with Gasteiger partial charge in [0.25, 0.3) is 5.91 Å². The van der Waals surface area contributed by atoms with Gasteiger partial charge in [-0.05, 0) is 32.9 Å². The number of nitrogens with one attached hydrogen (secondary N) is 2. The van der Waals surface area contributed by atoms with E-state index in [0.29, 0.717) is 12.2 Å². The normalized spacial score (nSPS) is 11.1. The molecule has 0 spiro atoms. The van der Waals surface area contributed by atoms with E-state index in [1.807, 2.05) is 20.8 Å². The van der Waals surface area contributed by atoms with Crippen LogP contribution in [0.1, 0.15) is 31.1 Å². The first kappa shape index (κ1) is 14.4. The molecule has 0 aliphatic carbocycles. The topological polar surface area (TPSA) is 63.2 Å². The molecule has 0 bridgehead atoms. The summed E-state index contributed by atoms with van der Waals surface area (Å²) in [7, 11) is 1.61. The van der Waals surface area contributed by atoms with Crippen molar-refractivity contribution in [3.05, 3.63) is 23.9 Å². The Morgan fingerprint density at radius 3 is 2.67 bits per heavy atom. The fourth-order valence-electron chi connectivity index (χ4n) is 1.59. The summed E-state index contributed by atoms with van der Waals surface area (Å²) in [6, 6.07) is 3.55. The number of ether oxygens (including phenoxy) is 1. The zero-order valence-electron chi connectivity index (χ0n) is 11.4. The Hall–Kier alpha value is -1.62. The second-order valence-corrected chi connectivity index (χ2v) is 4.73. The van der Waals surface area contributed by atoms with E-state index in [-0.39, 0.29) is 5.91 Å². The molecule has 0 fully saturated rings. The number of carbonyl (C=O) groups is 1. The minimum absolute atomic E-state index is 0.146. The summed E-state index contributed by atoms with van der Waals surface area (Å²) in [6.07, 6.45) is 1.57. The predicted molar refractivity (Wildman–Crippen MR) is 71.8 cm³/mol. The third-order valence-corrected chi connectivity index (χ3v) is 2.34. The van der Waals surface area contributed by atoms with Crippen LogP contribution in [0.15, 0.2) is 18.3 Å². The molecule has 0 aliphatic heterocycles. The van der Waals surface area contributed by atoms with Crippen molar-refractivity contribution in [3.8, 4) is 0 Å². The Kier molecular flexibility index (Phi) is 5.09. The van der Waals surface area contributed by atoms with Crippen molar-refractivity contribution in [2.75, 3.05) is 25.6 Å². The Balaban J connectivity index is 2.67. The highest BCUT2D eigenvalue weighted by Gasteiger charge is 2.21. The predicted octanol–water partition coefficient (Wildman–Crippen LogP) is 1.67. The molecule has 0 atom stereocenters. The second kappa shape index (κ2) is 6.35. The summed E-state index contributed by atoms with van der Waals surface area (Å²) in [5.74, 6) is 0.623. The minimum atomic E-state index is -0.397. The number of pyridine rings is 1. The number of methoxy groups -OCH3 is 1. The number of carbonyl (C=O) groups excluding carboxylic acids is 1. The maximum Gasteiger partial charge on any atom is 0.253 e. The van der Waals surface area contributed by atoms with E-state index in [0.717, 1.165) is 12.4 Å². The van der Waals surface area contributed by atoms with Crippen LogP contribution in [-0.2, 0) is 4.74 Å². The fourth-order valence-corrected chi connectivity index (χ4v) is 1.59. The van der Waals surface area contributed by atoms with Gasteiger partial charge >= 0.3 is 0 Å². The minimum Gasteiger partial charge on any atom is -0.382 e. The number of aromatic nitrogens is 1. The molecule has 0 saturated heterocycles. The molecule has 1 aromatic heterocycles. The Morgan fingerprint density at radius 1 is 1.44 bits per heavy atom. The van der Waals surface area contributed by atoms with Gasteiger partial charge in [0.05, 0.1) is 17.7 Å². The van der Waals surface area contributed by atoms with Gasteiger partial charge in [-0.15, -0.1) is 0 Å². The van der Waals surface area contributed by atoms with Gasteiger partial charge in [0, 0.05) is 19.9 Å². The highest BCUT2D eigenvalue weighted by atomic mass is 16.5. The van der Waals surface area contributed by atoms with Crippen LogP contribution in [0.25, 0.3) is 0 Å². The van der Waals surface area contributed by atoms with Crippen LogP contribution in [0.3, 0.4) is 0 Å². The fraction of sp³-hybridized carbons (Fsp3) is 0.538. The van der Waals surface area contributed by atoms with Crippen LogP contribution >= 0.6 is 0 Å². The first-order chi connectivity index (χ1) is 8.48. The number of anilines is 1. The largest absolute Gasteiger partial charge is 0.382 e. The number of nitrogens with zero attached hydrogens (tertiary/aromatic N) is 1. The molecule has 5 nitrogen and oxygen atoms in total. The van der Waals surface area contributed by atoms with Gasteiger partial charge in [0.15, 0.2) is 0 Å². The lowest BCUT2D eigenvalue weighted by Gasteiger charge is -2.25. The molecule has 1 heterocycles. The number of amides is 1. The van der Waals surface area contributed by atoms with Crippen LogP contribution in [-0.4, -0.2) is 36.7 Å². The lowest BCUT2D eigenvalue weighted by molar-refractivity contribution is 0.0819. The monoisotopic (exact) mass is 251 g/mol. The SMILES string of the molecule is CCNc1ccc(C(=O)NC(C)(C)COC)cn1. The molecule has 2 N–H and O–H groups in total. The molecular formula is C13H21N3O2. The Bertz CT molecular complexity index is 388. The van der Waals surface area contributed by atoms with Gasteiger partial charge in [-0.3, -0.25) is 4.79 Å². The maximum atomic E-state index is 12.0. The highest BCUT2D eigenvalue weighted by molar-refractivity contribution is 5.94. The lowest BCUT2D eigenvalue weighted by atomic mass is 10.1. The number of hydrogen-bond acceptors (Lipinski definition) is 4. The molecule has 18 heavy (non-hydrogen) atoms. The zero-order valence-corrected chi connectivity index (χ0v) is 11.4. The van der Waals surface area contributed by atoms with Gasteiger partial charge in [0.2, 0.25) is 0 Å². The van der Waals surface area contributed by atoms with Crippen LogP contribution < -0.4 is 10.6 Å². The third-order valence-electron chi connectivity index (χ3n) is 2.34. The van der Waals surface area contributed by atoms with Crippen LogP contribution in [0.5, 0.6) is 0 Å². The van der Waals surface area contributed by atoms with E-state index in [1.165, 1.54) is 0 Å². The van der Waals surface area contributed by atoms with Crippen LogP contribution in [0, 0.1) is 0 Å². The standard InChI is InChI=1S/C13H21N3O2/c1-5-14-11-7-6-10(8-15-11)12(17)16-13(2,3)9-18-4/h6-8H,5,9H2,1-4H3,(H,14,15)(H,16,17). The number of rotatable bonds is 6.